The van der Waals surface area contributed by atoms with Gasteiger partial charge in [0.1, 0.15) is 0 Å². The number of amides is 1. The third kappa shape index (κ3) is 2.09. The van der Waals surface area contributed by atoms with E-state index in [1.807, 2.05) is 0 Å². The molecule has 0 atom stereocenters. The first-order chi connectivity index (χ1) is 6.52. The van der Waals surface area contributed by atoms with Gasteiger partial charge >= 0.3 is 6.61 Å². The molecule has 0 spiro atoms. The summed E-state index contributed by atoms with van der Waals surface area (Å²) >= 11 is 0. The fourth-order valence-corrected chi connectivity index (χ4v) is 0.970. The largest absolute Gasteiger partial charge is 0.432 e. The number of nitrogen functional groups attached to an aromatic ring is 1. The molecule has 0 fully saturated rings. The standard InChI is InChI=1S/C8H8F2N2O2/c9-8(10)14-6-4(7(12)13)2-1-3-5(6)11/h1-3,8H,11H2,(H2,12,13). The van der Waals surface area contributed by atoms with Crippen LogP contribution in [0, 0.1) is 0 Å². The van der Waals surface area contributed by atoms with Crippen molar-refractivity contribution in [3.8, 4) is 5.75 Å². The maximum absolute atomic E-state index is 11.9. The number of halogens is 2. The van der Waals surface area contributed by atoms with Crippen LogP contribution in [0.2, 0.25) is 0 Å². The Labute approximate surface area is 78.4 Å². The summed E-state index contributed by atoms with van der Waals surface area (Å²) in [4.78, 5) is 10.8. The molecule has 1 rings (SSSR count). The van der Waals surface area contributed by atoms with E-state index in [1.165, 1.54) is 18.2 Å². The van der Waals surface area contributed by atoms with Crippen LogP contribution in [0.15, 0.2) is 18.2 Å². The van der Waals surface area contributed by atoms with Crippen LogP contribution in [0.3, 0.4) is 0 Å². The Bertz CT molecular complexity index is 355. The maximum atomic E-state index is 11.9. The molecule has 0 saturated carbocycles. The highest BCUT2D eigenvalue weighted by Gasteiger charge is 2.15. The molecule has 0 saturated heterocycles. The first-order valence-corrected chi connectivity index (χ1v) is 3.65. The van der Waals surface area contributed by atoms with E-state index in [0.717, 1.165) is 0 Å². The summed E-state index contributed by atoms with van der Waals surface area (Å²) in [6.45, 7) is -3.04. The quantitative estimate of drug-likeness (QED) is 0.717. The Morgan fingerprint density at radius 1 is 1.43 bits per heavy atom. The average Bonchev–Trinajstić information content (AvgIpc) is 2.07. The van der Waals surface area contributed by atoms with Gasteiger partial charge in [0.05, 0.1) is 11.3 Å². The fourth-order valence-electron chi connectivity index (χ4n) is 0.970. The lowest BCUT2D eigenvalue weighted by atomic mass is 10.1. The number of benzene rings is 1. The Kier molecular flexibility index (Phi) is 2.85. The number of primary amides is 1. The molecule has 4 N–H and O–H groups in total. The number of para-hydroxylation sites is 1. The number of ether oxygens (including phenoxy) is 1. The third-order valence-corrected chi connectivity index (χ3v) is 1.52. The van der Waals surface area contributed by atoms with E-state index in [4.69, 9.17) is 11.5 Å². The van der Waals surface area contributed by atoms with E-state index in [2.05, 4.69) is 4.74 Å². The minimum atomic E-state index is -3.04. The van der Waals surface area contributed by atoms with Crippen molar-refractivity contribution in [1.82, 2.24) is 0 Å². The monoisotopic (exact) mass is 202 g/mol. The van der Waals surface area contributed by atoms with Crippen molar-refractivity contribution in [1.29, 1.82) is 0 Å². The second-order valence-corrected chi connectivity index (χ2v) is 2.47. The molecule has 4 nitrogen and oxygen atoms in total. The van der Waals surface area contributed by atoms with Crippen LogP contribution in [-0.4, -0.2) is 12.5 Å². The summed E-state index contributed by atoms with van der Waals surface area (Å²) < 4.78 is 27.9. The summed E-state index contributed by atoms with van der Waals surface area (Å²) in [5.41, 5.74) is 10.1. The molecule has 0 aliphatic heterocycles. The van der Waals surface area contributed by atoms with Crippen molar-refractivity contribution in [3.05, 3.63) is 23.8 Å². The molecule has 76 valence electrons. The van der Waals surface area contributed by atoms with Gasteiger partial charge in [0.15, 0.2) is 5.75 Å². The normalized spacial score (nSPS) is 10.2. The number of hydrogen-bond donors (Lipinski definition) is 2. The number of carbonyl (C=O) groups excluding carboxylic acids is 1. The zero-order valence-electron chi connectivity index (χ0n) is 7.04. The molecule has 6 heteroatoms. The van der Waals surface area contributed by atoms with Crippen molar-refractivity contribution in [2.24, 2.45) is 5.73 Å². The Hall–Kier alpha value is -1.85. The van der Waals surface area contributed by atoms with Crippen LogP contribution >= 0.6 is 0 Å². The molecule has 1 aromatic rings. The SMILES string of the molecule is NC(=O)c1cccc(N)c1OC(F)F. The van der Waals surface area contributed by atoms with Crippen molar-refractivity contribution in [2.45, 2.75) is 6.61 Å². The van der Waals surface area contributed by atoms with Gasteiger partial charge in [-0.3, -0.25) is 4.79 Å². The predicted molar refractivity (Wildman–Crippen MR) is 46.0 cm³/mol. The smallest absolute Gasteiger partial charge is 0.387 e. The van der Waals surface area contributed by atoms with E-state index in [-0.39, 0.29) is 17.0 Å². The van der Waals surface area contributed by atoms with E-state index in [1.54, 1.807) is 0 Å². The molecule has 0 aliphatic rings. The fraction of sp³-hybridized carbons (Fsp3) is 0.125. The maximum Gasteiger partial charge on any atom is 0.387 e. The lowest BCUT2D eigenvalue weighted by molar-refractivity contribution is -0.0496. The van der Waals surface area contributed by atoms with E-state index in [0.29, 0.717) is 0 Å². The molecule has 0 aliphatic carbocycles. The van der Waals surface area contributed by atoms with E-state index in [9.17, 15) is 13.6 Å². The van der Waals surface area contributed by atoms with Gasteiger partial charge in [-0.2, -0.15) is 8.78 Å². The molecule has 1 aromatic carbocycles. The van der Waals surface area contributed by atoms with Gasteiger partial charge in [-0.1, -0.05) is 6.07 Å². The number of hydrogen-bond acceptors (Lipinski definition) is 3. The zero-order valence-corrected chi connectivity index (χ0v) is 7.04. The van der Waals surface area contributed by atoms with Gasteiger partial charge < -0.3 is 16.2 Å². The highest BCUT2D eigenvalue weighted by molar-refractivity contribution is 5.97. The first-order valence-electron chi connectivity index (χ1n) is 3.65. The van der Waals surface area contributed by atoms with Gasteiger partial charge in [-0.05, 0) is 12.1 Å². The number of rotatable bonds is 3. The zero-order chi connectivity index (χ0) is 10.7. The molecular weight excluding hydrogens is 194 g/mol. The summed E-state index contributed by atoms with van der Waals surface area (Å²) in [7, 11) is 0. The van der Waals surface area contributed by atoms with Crippen molar-refractivity contribution in [2.75, 3.05) is 5.73 Å². The molecular formula is C8H8F2N2O2. The molecule has 0 heterocycles. The number of alkyl halides is 2. The van der Waals surface area contributed by atoms with Crippen LogP contribution in [0.25, 0.3) is 0 Å². The topological polar surface area (TPSA) is 78.3 Å². The Morgan fingerprint density at radius 2 is 2.07 bits per heavy atom. The summed E-state index contributed by atoms with van der Waals surface area (Å²) in [6.07, 6.45) is 0. The highest BCUT2D eigenvalue weighted by atomic mass is 19.3. The van der Waals surface area contributed by atoms with Crippen molar-refractivity contribution >= 4 is 11.6 Å². The first kappa shape index (κ1) is 10.2. The van der Waals surface area contributed by atoms with Crippen LogP contribution in [0.1, 0.15) is 10.4 Å². The second-order valence-electron chi connectivity index (χ2n) is 2.47. The minimum Gasteiger partial charge on any atom is -0.432 e. The second kappa shape index (κ2) is 3.91. The molecule has 0 unspecified atom stereocenters. The van der Waals surface area contributed by atoms with Gasteiger partial charge in [-0.15, -0.1) is 0 Å². The number of nitrogens with two attached hydrogens (primary N) is 2. The Balaban J connectivity index is 3.15. The highest BCUT2D eigenvalue weighted by Crippen LogP contribution is 2.27. The van der Waals surface area contributed by atoms with Gasteiger partial charge in [0, 0.05) is 0 Å². The van der Waals surface area contributed by atoms with E-state index >= 15 is 0 Å². The van der Waals surface area contributed by atoms with Crippen molar-refractivity contribution in [3.63, 3.8) is 0 Å². The molecule has 14 heavy (non-hydrogen) atoms. The summed E-state index contributed by atoms with van der Waals surface area (Å²) in [6, 6.07) is 4.02. The van der Waals surface area contributed by atoms with Gasteiger partial charge in [-0.25, -0.2) is 0 Å². The van der Waals surface area contributed by atoms with Crippen molar-refractivity contribution < 1.29 is 18.3 Å². The molecule has 1 amide bonds. The third-order valence-electron chi connectivity index (χ3n) is 1.52. The molecule has 0 radical (unpaired) electrons. The lowest BCUT2D eigenvalue weighted by Gasteiger charge is -2.10. The van der Waals surface area contributed by atoms with Crippen LogP contribution in [0.5, 0.6) is 5.75 Å². The van der Waals surface area contributed by atoms with Crippen LogP contribution in [-0.2, 0) is 0 Å². The molecule has 0 aromatic heterocycles. The summed E-state index contributed by atoms with van der Waals surface area (Å²) in [5.74, 6) is -1.25. The Morgan fingerprint density at radius 3 is 2.57 bits per heavy atom. The minimum absolute atomic E-state index is 0.0541. The van der Waals surface area contributed by atoms with Crippen LogP contribution in [0.4, 0.5) is 14.5 Å². The average molecular weight is 202 g/mol. The van der Waals surface area contributed by atoms with Gasteiger partial charge in [0.2, 0.25) is 0 Å². The van der Waals surface area contributed by atoms with Gasteiger partial charge in [0.25, 0.3) is 5.91 Å². The van der Waals surface area contributed by atoms with E-state index < -0.39 is 12.5 Å². The molecule has 0 bridgehead atoms. The van der Waals surface area contributed by atoms with Crippen LogP contribution < -0.4 is 16.2 Å². The summed E-state index contributed by atoms with van der Waals surface area (Å²) in [5, 5.41) is 0. The lowest BCUT2D eigenvalue weighted by Crippen LogP contribution is -2.15. The predicted octanol–water partition coefficient (Wildman–Crippen LogP) is 0.969. The number of anilines is 1. The number of carbonyl (C=O) groups is 1.